The Morgan fingerprint density at radius 2 is 2.16 bits per heavy atom. The van der Waals surface area contributed by atoms with E-state index in [0.29, 0.717) is 22.3 Å². The molecule has 0 N–H and O–H groups in total. The van der Waals surface area contributed by atoms with Crippen LogP contribution in [0.1, 0.15) is 6.17 Å². The van der Waals surface area contributed by atoms with Crippen LogP contribution in [0.5, 0.6) is 5.75 Å². The number of allylic oxidation sites excluding steroid dienone is 1. The third kappa shape index (κ3) is 2.31. The van der Waals surface area contributed by atoms with Crippen molar-refractivity contribution in [1.82, 2.24) is 14.1 Å². The number of aromatic nitrogens is 3. The molecule has 1 aromatic carbocycles. The molecular formula is C17H14BrFN4O2. The number of nitrogens with zero attached hydrogens (tertiary/aromatic N) is 4. The molecule has 0 bridgehead atoms. The highest BCUT2D eigenvalue weighted by molar-refractivity contribution is 9.10. The molecule has 0 fully saturated rings. The number of dihydropyridines is 1. The van der Waals surface area contributed by atoms with Crippen molar-refractivity contribution in [2.45, 2.75) is 12.3 Å². The Bertz CT molecular complexity index is 1120. The average Bonchev–Trinajstić information content (AvgIpc) is 2.86. The minimum Gasteiger partial charge on any atom is -0.495 e. The van der Waals surface area contributed by atoms with Crippen LogP contribution in [0.3, 0.4) is 0 Å². The summed E-state index contributed by atoms with van der Waals surface area (Å²) in [5.74, 6) is 0.631. The molecule has 128 valence electrons. The first-order chi connectivity index (χ1) is 12.0. The van der Waals surface area contributed by atoms with Gasteiger partial charge in [0.1, 0.15) is 5.75 Å². The van der Waals surface area contributed by atoms with Gasteiger partial charge in [-0.25, -0.2) is 9.18 Å². The van der Waals surface area contributed by atoms with Crippen molar-refractivity contribution in [2.75, 3.05) is 7.11 Å². The number of alkyl halides is 1. The fraction of sp³-hybridized carbons (Fsp3) is 0.235. The molecular weight excluding hydrogens is 391 g/mol. The van der Waals surface area contributed by atoms with Gasteiger partial charge in [0.25, 0.3) is 0 Å². The number of methoxy groups -OCH3 is 1. The largest absolute Gasteiger partial charge is 0.495 e. The zero-order chi connectivity index (χ0) is 17.7. The molecule has 25 heavy (non-hydrogen) atoms. The molecule has 0 saturated carbocycles. The van der Waals surface area contributed by atoms with E-state index in [1.54, 1.807) is 32.5 Å². The second-order valence-corrected chi connectivity index (χ2v) is 6.60. The third-order valence-electron chi connectivity index (χ3n) is 4.36. The summed E-state index contributed by atoms with van der Waals surface area (Å²) >= 11 is 3.46. The second kappa shape index (κ2) is 5.80. The quantitative estimate of drug-likeness (QED) is 0.658. The minimum atomic E-state index is -1.38. The first-order valence-electron chi connectivity index (χ1n) is 7.60. The van der Waals surface area contributed by atoms with Gasteiger partial charge in [-0.3, -0.25) is 19.1 Å². The van der Waals surface area contributed by atoms with E-state index in [0.717, 1.165) is 9.86 Å². The first kappa shape index (κ1) is 16.0. The summed E-state index contributed by atoms with van der Waals surface area (Å²) in [4.78, 5) is 21.4. The normalized spacial score (nSPS) is 19.8. The molecule has 8 heteroatoms. The van der Waals surface area contributed by atoms with Crippen LogP contribution < -0.4 is 10.4 Å². The highest BCUT2D eigenvalue weighted by Gasteiger charge is 2.27. The van der Waals surface area contributed by atoms with E-state index >= 15 is 0 Å². The molecule has 1 aliphatic heterocycles. The highest BCUT2D eigenvalue weighted by atomic mass is 79.9. The second-order valence-electron chi connectivity index (χ2n) is 5.75. The topological polar surface area (TPSA) is 61.4 Å². The SMILES string of the molecule is COc1cc2ncc3c(c2cc1Br)n(C1N=CC=CC1F)c(=O)n3C. The van der Waals surface area contributed by atoms with E-state index in [4.69, 9.17) is 4.74 Å². The van der Waals surface area contributed by atoms with Gasteiger partial charge in [0.05, 0.1) is 34.3 Å². The van der Waals surface area contributed by atoms with Crippen LogP contribution in [0.4, 0.5) is 4.39 Å². The molecule has 2 atom stereocenters. The fourth-order valence-corrected chi connectivity index (χ4v) is 3.62. The summed E-state index contributed by atoms with van der Waals surface area (Å²) in [7, 11) is 3.21. The number of hydrogen-bond acceptors (Lipinski definition) is 4. The zero-order valence-electron chi connectivity index (χ0n) is 13.5. The number of aryl methyl sites for hydroxylation is 1. The van der Waals surface area contributed by atoms with Gasteiger partial charge in [-0.1, -0.05) is 0 Å². The van der Waals surface area contributed by atoms with Crippen LogP contribution in [0.2, 0.25) is 0 Å². The van der Waals surface area contributed by atoms with Crippen molar-refractivity contribution in [1.29, 1.82) is 0 Å². The van der Waals surface area contributed by atoms with E-state index in [9.17, 15) is 9.18 Å². The molecule has 0 radical (unpaired) electrons. The Hall–Kier alpha value is -2.48. The Morgan fingerprint density at radius 3 is 2.88 bits per heavy atom. The number of rotatable bonds is 2. The maximum Gasteiger partial charge on any atom is 0.330 e. The predicted molar refractivity (Wildman–Crippen MR) is 98.3 cm³/mol. The summed E-state index contributed by atoms with van der Waals surface area (Å²) < 4.78 is 23.3. The Kier molecular flexibility index (Phi) is 3.72. The lowest BCUT2D eigenvalue weighted by Crippen LogP contribution is -2.30. The lowest BCUT2D eigenvalue weighted by molar-refractivity contribution is 0.285. The van der Waals surface area contributed by atoms with Crippen LogP contribution in [0.15, 0.2) is 44.7 Å². The summed E-state index contributed by atoms with van der Waals surface area (Å²) in [6, 6.07) is 3.60. The van der Waals surface area contributed by atoms with Crippen molar-refractivity contribution in [2.24, 2.45) is 12.0 Å². The average molecular weight is 405 g/mol. The smallest absolute Gasteiger partial charge is 0.330 e. The molecule has 0 saturated heterocycles. The van der Waals surface area contributed by atoms with Crippen LogP contribution >= 0.6 is 15.9 Å². The molecule has 2 aromatic heterocycles. The molecule has 6 nitrogen and oxygen atoms in total. The maximum absolute atomic E-state index is 14.4. The third-order valence-corrected chi connectivity index (χ3v) is 4.98. The Morgan fingerprint density at radius 1 is 1.36 bits per heavy atom. The van der Waals surface area contributed by atoms with Gasteiger partial charge in [0.15, 0.2) is 12.3 Å². The number of imidazole rings is 1. The number of pyridine rings is 1. The van der Waals surface area contributed by atoms with Crippen molar-refractivity contribution in [3.05, 3.63) is 45.4 Å². The van der Waals surface area contributed by atoms with Crippen LogP contribution in [-0.2, 0) is 7.05 Å². The highest BCUT2D eigenvalue weighted by Crippen LogP contribution is 2.34. The molecule has 0 amide bonds. The Labute approximate surface area is 150 Å². The summed E-state index contributed by atoms with van der Waals surface area (Å²) in [5, 5.41) is 0.722. The molecule has 1 aliphatic rings. The van der Waals surface area contributed by atoms with Gasteiger partial charge in [-0.15, -0.1) is 0 Å². The molecule has 3 aromatic rings. The zero-order valence-corrected chi connectivity index (χ0v) is 15.1. The van der Waals surface area contributed by atoms with Crippen LogP contribution in [-0.4, -0.2) is 33.6 Å². The lowest BCUT2D eigenvalue weighted by atomic mass is 10.1. The van der Waals surface area contributed by atoms with Crippen molar-refractivity contribution in [3.8, 4) is 5.75 Å². The number of benzene rings is 1. The molecule has 3 heterocycles. The van der Waals surface area contributed by atoms with Crippen LogP contribution in [0, 0.1) is 0 Å². The van der Waals surface area contributed by atoms with Gasteiger partial charge in [0, 0.05) is 24.7 Å². The van der Waals surface area contributed by atoms with Crippen molar-refractivity contribution in [3.63, 3.8) is 0 Å². The lowest BCUT2D eigenvalue weighted by Gasteiger charge is -2.19. The number of ether oxygens (including phenoxy) is 1. The Balaban J connectivity index is 2.13. The fourth-order valence-electron chi connectivity index (χ4n) is 3.11. The van der Waals surface area contributed by atoms with Gasteiger partial charge < -0.3 is 4.74 Å². The predicted octanol–water partition coefficient (Wildman–Crippen LogP) is 3.14. The van der Waals surface area contributed by atoms with E-state index in [2.05, 4.69) is 25.9 Å². The molecule has 4 rings (SSSR count). The molecule has 2 unspecified atom stereocenters. The van der Waals surface area contributed by atoms with E-state index < -0.39 is 12.3 Å². The number of hydrogen-bond donors (Lipinski definition) is 0. The monoisotopic (exact) mass is 404 g/mol. The van der Waals surface area contributed by atoms with E-state index in [-0.39, 0.29) is 5.69 Å². The minimum absolute atomic E-state index is 0.337. The number of halogens is 2. The molecule has 0 aliphatic carbocycles. The van der Waals surface area contributed by atoms with Crippen molar-refractivity contribution >= 4 is 44.1 Å². The van der Waals surface area contributed by atoms with Gasteiger partial charge in [-0.2, -0.15) is 0 Å². The maximum atomic E-state index is 14.4. The number of aliphatic imine (C=N–C) groups is 1. The van der Waals surface area contributed by atoms with Crippen LogP contribution in [0.25, 0.3) is 21.9 Å². The van der Waals surface area contributed by atoms with Gasteiger partial charge in [-0.05, 0) is 34.1 Å². The summed E-state index contributed by atoms with van der Waals surface area (Å²) in [5.41, 5.74) is 1.53. The first-order valence-corrected chi connectivity index (χ1v) is 8.39. The van der Waals surface area contributed by atoms with E-state index in [1.165, 1.54) is 21.4 Å². The van der Waals surface area contributed by atoms with E-state index in [1.807, 2.05) is 6.07 Å². The van der Waals surface area contributed by atoms with Gasteiger partial charge in [0.2, 0.25) is 0 Å². The standard InChI is InChI=1S/C17H14BrFN4O2/c1-22-13-8-21-12-7-14(25-2)10(18)6-9(12)15(13)23(17(22)24)16-11(19)4-3-5-20-16/h3-8,11,16H,1-2H3. The summed E-state index contributed by atoms with van der Waals surface area (Å²) in [6.45, 7) is 0. The van der Waals surface area contributed by atoms with Crippen molar-refractivity contribution < 1.29 is 9.13 Å². The number of fused-ring (bicyclic) bond motifs is 3. The molecule has 0 spiro atoms. The van der Waals surface area contributed by atoms with Gasteiger partial charge >= 0.3 is 5.69 Å². The summed E-state index contributed by atoms with van der Waals surface area (Å²) in [6.07, 6.45) is 3.74.